The predicted molar refractivity (Wildman–Crippen MR) is 65.0 cm³/mol. The summed E-state index contributed by atoms with van der Waals surface area (Å²) in [6, 6.07) is 4.94. The molecule has 0 fully saturated rings. The molecule has 6 heteroatoms. The highest BCUT2D eigenvalue weighted by Crippen LogP contribution is 2.29. The summed E-state index contributed by atoms with van der Waals surface area (Å²) in [4.78, 5) is 21.8. The van der Waals surface area contributed by atoms with Gasteiger partial charge in [0.25, 0.3) is 0 Å². The first-order chi connectivity index (χ1) is 8.56. The van der Waals surface area contributed by atoms with E-state index in [0.717, 1.165) is 0 Å². The van der Waals surface area contributed by atoms with Crippen molar-refractivity contribution in [1.82, 2.24) is 0 Å². The lowest BCUT2D eigenvalue weighted by molar-refractivity contribution is -0.138. The number of nitrogens with one attached hydrogen (secondary N) is 1. The highest BCUT2D eigenvalue weighted by molar-refractivity contribution is 5.93. The lowest BCUT2D eigenvalue weighted by atomic mass is 10.2. The van der Waals surface area contributed by atoms with Gasteiger partial charge in [0.1, 0.15) is 11.5 Å². The Hall–Kier alpha value is -2.24. The number of hydrogen-bond donors (Lipinski definition) is 2. The molecule has 0 saturated heterocycles. The largest absolute Gasteiger partial charge is 0.497 e. The van der Waals surface area contributed by atoms with Crippen molar-refractivity contribution < 1.29 is 24.2 Å². The van der Waals surface area contributed by atoms with Gasteiger partial charge in [-0.15, -0.1) is 0 Å². The first-order valence-electron chi connectivity index (χ1n) is 5.30. The third kappa shape index (κ3) is 3.97. The van der Waals surface area contributed by atoms with E-state index in [-0.39, 0.29) is 18.7 Å². The van der Waals surface area contributed by atoms with E-state index in [1.165, 1.54) is 14.2 Å². The van der Waals surface area contributed by atoms with Crippen LogP contribution in [0.3, 0.4) is 0 Å². The summed E-state index contributed by atoms with van der Waals surface area (Å²) >= 11 is 0. The summed E-state index contributed by atoms with van der Waals surface area (Å²) in [5.74, 6) is -0.318. The zero-order valence-corrected chi connectivity index (χ0v) is 10.2. The number of aliphatic carboxylic acids is 1. The van der Waals surface area contributed by atoms with Crippen LogP contribution >= 0.6 is 0 Å². The number of ether oxygens (including phenoxy) is 2. The van der Waals surface area contributed by atoms with Crippen molar-refractivity contribution in [2.75, 3.05) is 19.5 Å². The molecule has 0 aliphatic rings. The molecule has 0 atom stereocenters. The van der Waals surface area contributed by atoms with Crippen LogP contribution in [-0.4, -0.2) is 31.2 Å². The summed E-state index contributed by atoms with van der Waals surface area (Å²) in [5.41, 5.74) is 0.480. The monoisotopic (exact) mass is 253 g/mol. The first-order valence-corrected chi connectivity index (χ1v) is 5.30. The van der Waals surface area contributed by atoms with E-state index in [4.69, 9.17) is 14.6 Å². The van der Waals surface area contributed by atoms with E-state index < -0.39 is 5.97 Å². The molecule has 0 aromatic heterocycles. The van der Waals surface area contributed by atoms with Crippen LogP contribution in [0, 0.1) is 0 Å². The van der Waals surface area contributed by atoms with E-state index in [1.54, 1.807) is 18.2 Å². The minimum absolute atomic E-state index is 0.0789. The van der Waals surface area contributed by atoms with Crippen LogP contribution in [0.25, 0.3) is 0 Å². The Morgan fingerprint density at radius 1 is 1.22 bits per heavy atom. The number of methoxy groups -OCH3 is 2. The Morgan fingerprint density at radius 2 is 1.94 bits per heavy atom. The third-order valence-electron chi connectivity index (χ3n) is 2.25. The quantitative estimate of drug-likeness (QED) is 0.802. The minimum atomic E-state index is -1.01. The molecule has 1 rings (SSSR count). The number of carbonyl (C=O) groups is 2. The molecule has 0 heterocycles. The molecular weight excluding hydrogens is 238 g/mol. The molecule has 0 saturated carbocycles. The summed E-state index contributed by atoms with van der Waals surface area (Å²) in [7, 11) is 3.00. The Balaban J connectivity index is 2.71. The molecule has 0 bridgehead atoms. The van der Waals surface area contributed by atoms with Gasteiger partial charge in [-0.2, -0.15) is 0 Å². The fourth-order valence-electron chi connectivity index (χ4n) is 1.33. The van der Waals surface area contributed by atoms with Gasteiger partial charge in [-0.05, 0) is 12.1 Å². The summed E-state index contributed by atoms with van der Waals surface area (Å²) < 4.78 is 10.1. The summed E-state index contributed by atoms with van der Waals surface area (Å²) in [6.45, 7) is 0. The van der Waals surface area contributed by atoms with Gasteiger partial charge in [0.2, 0.25) is 5.91 Å². The molecule has 0 unspecified atom stereocenters. The fourth-order valence-corrected chi connectivity index (χ4v) is 1.33. The van der Waals surface area contributed by atoms with E-state index >= 15 is 0 Å². The molecule has 1 amide bonds. The molecule has 1 aromatic carbocycles. The van der Waals surface area contributed by atoms with Gasteiger partial charge >= 0.3 is 5.97 Å². The van der Waals surface area contributed by atoms with Crippen molar-refractivity contribution in [1.29, 1.82) is 0 Å². The molecular formula is C12H15NO5. The highest BCUT2D eigenvalue weighted by Gasteiger charge is 2.10. The summed E-state index contributed by atoms with van der Waals surface area (Å²) in [5, 5.41) is 11.1. The number of hydrogen-bond acceptors (Lipinski definition) is 4. The van der Waals surface area contributed by atoms with E-state index in [1.807, 2.05) is 0 Å². The second-order valence-corrected chi connectivity index (χ2v) is 3.51. The first kappa shape index (κ1) is 13.8. The van der Waals surface area contributed by atoms with Crippen LogP contribution in [0.1, 0.15) is 12.8 Å². The second-order valence-electron chi connectivity index (χ2n) is 3.51. The fraction of sp³-hybridized carbons (Fsp3) is 0.333. The maximum Gasteiger partial charge on any atom is 0.303 e. The van der Waals surface area contributed by atoms with Crippen LogP contribution in [0.5, 0.6) is 11.5 Å². The van der Waals surface area contributed by atoms with Gasteiger partial charge in [0.05, 0.1) is 26.3 Å². The van der Waals surface area contributed by atoms with Crippen LogP contribution in [0.4, 0.5) is 5.69 Å². The Morgan fingerprint density at radius 3 is 2.50 bits per heavy atom. The number of anilines is 1. The van der Waals surface area contributed by atoms with E-state index in [9.17, 15) is 9.59 Å². The van der Waals surface area contributed by atoms with Crippen molar-refractivity contribution >= 4 is 17.6 Å². The number of carboxylic acids is 1. The number of carboxylic acid groups (broad SMARTS) is 1. The average Bonchev–Trinajstić information content (AvgIpc) is 2.36. The molecule has 6 nitrogen and oxygen atoms in total. The van der Waals surface area contributed by atoms with Crippen molar-refractivity contribution in [3.8, 4) is 11.5 Å². The molecule has 1 aromatic rings. The van der Waals surface area contributed by atoms with Gasteiger partial charge in [-0.25, -0.2) is 0 Å². The van der Waals surface area contributed by atoms with Crippen LogP contribution in [0.2, 0.25) is 0 Å². The number of carbonyl (C=O) groups excluding carboxylic acids is 1. The zero-order valence-electron chi connectivity index (χ0n) is 10.2. The van der Waals surface area contributed by atoms with E-state index in [2.05, 4.69) is 5.32 Å². The molecule has 18 heavy (non-hydrogen) atoms. The molecule has 98 valence electrons. The molecule has 0 spiro atoms. The molecule has 2 N–H and O–H groups in total. The second kappa shape index (κ2) is 6.48. The SMILES string of the molecule is COc1ccc(NC(=O)CCC(=O)O)c(OC)c1. The number of amides is 1. The van der Waals surface area contributed by atoms with Crippen molar-refractivity contribution in [3.63, 3.8) is 0 Å². The zero-order chi connectivity index (χ0) is 13.5. The highest BCUT2D eigenvalue weighted by atomic mass is 16.5. The molecule has 0 aliphatic heterocycles. The lowest BCUT2D eigenvalue weighted by Gasteiger charge is -2.11. The van der Waals surface area contributed by atoms with Crippen LogP contribution in [0.15, 0.2) is 18.2 Å². The van der Waals surface area contributed by atoms with Crippen molar-refractivity contribution in [2.24, 2.45) is 0 Å². The van der Waals surface area contributed by atoms with Crippen molar-refractivity contribution in [2.45, 2.75) is 12.8 Å². The smallest absolute Gasteiger partial charge is 0.303 e. The standard InChI is InChI=1S/C12H15NO5/c1-17-8-3-4-9(10(7-8)18-2)13-11(14)5-6-12(15)16/h3-4,7H,5-6H2,1-2H3,(H,13,14)(H,15,16). The maximum atomic E-state index is 11.5. The third-order valence-corrected chi connectivity index (χ3v) is 2.25. The Kier molecular flexibility index (Phi) is 4.98. The van der Waals surface area contributed by atoms with Crippen LogP contribution < -0.4 is 14.8 Å². The molecule has 0 aliphatic carbocycles. The average molecular weight is 253 g/mol. The van der Waals surface area contributed by atoms with Gasteiger partial charge in [-0.3, -0.25) is 9.59 Å². The van der Waals surface area contributed by atoms with E-state index in [0.29, 0.717) is 17.2 Å². The van der Waals surface area contributed by atoms with Gasteiger partial charge < -0.3 is 19.9 Å². The maximum absolute atomic E-state index is 11.5. The van der Waals surface area contributed by atoms with Gasteiger partial charge in [0.15, 0.2) is 0 Å². The lowest BCUT2D eigenvalue weighted by Crippen LogP contribution is -2.13. The van der Waals surface area contributed by atoms with Crippen LogP contribution in [-0.2, 0) is 9.59 Å². The number of benzene rings is 1. The number of rotatable bonds is 6. The van der Waals surface area contributed by atoms with Gasteiger partial charge in [-0.1, -0.05) is 0 Å². The predicted octanol–water partition coefficient (Wildman–Crippen LogP) is 1.51. The van der Waals surface area contributed by atoms with Crippen molar-refractivity contribution in [3.05, 3.63) is 18.2 Å². The Bertz CT molecular complexity index is 444. The Labute approximate surface area is 105 Å². The summed E-state index contributed by atoms with van der Waals surface area (Å²) in [6.07, 6.45) is -0.283. The topological polar surface area (TPSA) is 84.9 Å². The van der Waals surface area contributed by atoms with Gasteiger partial charge in [0, 0.05) is 12.5 Å². The normalized spacial score (nSPS) is 9.67. The minimum Gasteiger partial charge on any atom is -0.497 e. The molecule has 0 radical (unpaired) electrons.